The Morgan fingerprint density at radius 2 is 1.50 bits per heavy atom. The van der Waals surface area contributed by atoms with Crippen LogP contribution in [0.2, 0.25) is 0 Å². The van der Waals surface area contributed by atoms with Gasteiger partial charge in [0.05, 0.1) is 0 Å². The van der Waals surface area contributed by atoms with E-state index in [0.29, 0.717) is 5.46 Å². The zero-order chi connectivity index (χ0) is 6.69. The van der Waals surface area contributed by atoms with Crippen molar-refractivity contribution in [2.45, 2.75) is 0 Å². The lowest BCUT2D eigenvalue weighted by Crippen LogP contribution is -2.29. The van der Waals surface area contributed by atoms with Gasteiger partial charge < -0.3 is 10.0 Å². The molecule has 0 amide bonds. The molecule has 0 fully saturated rings. The van der Waals surface area contributed by atoms with E-state index in [4.69, 9.17) is 10.0 Å². The van der Waals surface area contributed by atoms with Gasteiger partial charge in [0.25, 0.3) is 0 Å². The van der Waals surface area contributed by atoms with Gasteiger partial charge in [0, 0.05) is 0 Å². The molecule has 0 bridgehead atoms. The summed E-state index contributed by atoms with van der Waals surface area (Å²) in [6, 6.07) is 8.66. The monoisotopic (exact) mass is 158 g/mol. The summed E-state index contributed by atoms with van der Waals surface area (Å²) in [4.78, 5) is 0. The molecule has 1 aromatic carbocycles. The van der Waals surface area contributed by atoms with Gasteiger partial charge >= 0.3 is 7.12 Å². The van der Waals surface area contributed by atoms with Gasteiger partial charge in [-0.3, -0.25) is 0 Å². The molecule has 0 radical (unpaired) electrons. The third-order valence-electron chi connectivity index (χ3n) is 1.10. The van der Waals surface area contributed by atoms with Crippen molar-refractivity contribution >= 4 is 25.0 Å². The Labute approximate surface area is 66.1 Å². The van der Waals surface area contributed by atoms with Crippen LogP contribution in [0.5, 0.6) is 0 Å². The molecule has 0 heterocycles. The molecule has 0 spiro atoms. The first-order valence-corrected chi connectivity index (χ1v) is 2.72. The molecule has 0 saturated heterocycles. The molecular weight excluding hydrogens is 150 g/mol. The Balaban J connectivity index is 0.000000810. The second kappa shape index (κ2) is 4.33. The fraction of sp³-hybridized carbons (Fsp3) is 0. The summed E-state index contributed by atoms with van der Waals surface area (Å²) in [7, 11) is -1.34. The standard InChI is InChI=1S/C6H7BO2.ClH/c8-7(9)6-4-2-1-3-5-6;/h1-5,8-9H;1H. The summed E-state index contributed by atoms with van der Waals surface area (Å²) in [5, 5.41) is 17.2. The molecule has 54 valence electrons. The predicted octanol–water partition coefficient (Wildman–Crippen LogP) is -0.212. The second-order valence-electron chi connectivity index (χ2n) is 1.78. The first-order chi connectivity index (χ1) is 4.30. The van der Waals surface area contributed by atoms with Crippen molar-refractivity contribution in [1.82, 2.24) is 0 Å². The molecule has 0 unspecified atom stereocenters. The van der Waals surface area contributed by atoms with E-state index < -0.39 is 7.12 Å². The molecule has 0 aliphatic carbocycles. The molecule has 0 aliphatic rings. The quantitative estimate of drug-likeness (QED) is 0.555. The van der Waals surface area contributed by atoms with Crippen LogP contribution >= 0.6 is 12.4 Å². The lowest BCUT2D eigenvalue weighted by atomic mass is 9.81. The average Bonchev–Trinajstić information content (AvgIpc) is 1.90. The van der Waals surface area contributed by atoms with E-state index in [-0.39, 0.29) is 12.4 Å². The fourth-order valence-electron chi connectivity index (χ4n) is 0.625. The fourth-order valence-corrected chi connectivity index (χ4v) is 0.625. The maximum Gasteiger partial charge on any atom is 0.488 e. The van der Waals surface area contributed by atoms with E-state index in [0.717, 1.165) is 0 Å². The SMILES string of the molecule is Cl.OB(O)c1ccccc1. The van der Waals surface area contributed by atoms with E-state index >= 15 is 0 Å². The van der Waals surface area contributed by atoms with Gasteiger partial charge in [-0.1, -0.05) is 30.3 Å². The zero-order valence-electron chi connectivity index (χ0n) is 5.27. The van der Waals surface area contributed by atoms with Gasteiger partial charge in [0.15, 0.2) is 0 Å². The molecule has 4 heteroatoms. The van der Waals surface area contributed by atoms with Crippen molar-refractivity contribution in [3.05, 3.63) is 30.3 Å². The summed E-state index contributed by atoms with van der Waals surface area (Å²) in [5.41, 5.74) is 0.525. The van der Waals surface area contributed by atoms with Gasteiger partial charge in [-0.15, -0.1) is 12.4 Å². The van der Waals surface area contributed by atoms with E-state index in [1.165, 1.54) is 0 Å². The van der Waals surface area contributed by atoms with Crippen LogP contribution < -0.4 is 5.46 Å². The number of benzene rings is 1. The lowest BCUT2D eigenvalue weighted by molar-refractivity contribution is 0.426. The largest absolute Gasteiger partial charge is 0.488 e. The molecule has 0 aromatic heterocycles. The van der Waals surface area contributed by atoms with E-state index in [2.05, 4.69) is 0 Å². The second-order valence-corrected chi connectivity index (χ2v) is 1.78. The summed E-state index contributed by atoms with van der Waals surface area (Å²) in [6.45, 7) is 0. The summed E-state index contributed by atoms with van der Waals surface area (Å²) >= 11 is 0. The highest BCUT2D eigenvalue weighted by molar-refractivity contribution is 6.58. The maximum atomic E-state index is 8.58. The minimum absolute atomic E-state index is 0. The van der Waals surface area contributed by atoms with Crippen molar-refractivity contribution in [2.75, 3.05) is 0 Å². The first-order valence-electron chi connectivity index (χ1n) is 2.72. The lowest BCUT2D eigenvalue weighted by Gasteiger charge is -1.94. The van der Waals surface area contributed by atoms with Crippen LogP contribution in [0, 0.1) is 0 Å². The van der Waals surface area contributed by atoms with Crippen LogP contribution in [-0.2, 0) is 0 Å². The van der Waals surface area contributed by atoms with Crippen LogP contribution in [-0.4, -0.2) is 17.2 Å². The highest BCUT2D eigenvalue weighted by Gasteiger charge is 2.07. The van der Waals surface area contributed by atoms with Crippen LogP contribution in [0.3, 0.4) is 0 Å². The molecule has 1 aromatic rings. The predicted molar refractivity (Wildman–Crippen MR) is 43.5 cm³/mol. The molecule has 10 heavy (non-hydrogen) atoms. The van der Waals surface area contributed by atoms with Gasteiger partial charge in [-0.2, -0.15) is 0 Å². The average molecular weight is 158 g/mol. The van der Waals surface area contributed by atoms with E-state index in [1.807, 2.05) is 6.07 Å². The van der Waals surface area contributed by atoms with Crippen LogP contribution in [0.25, 0.3) is 0 Å². The van der Waals surface area contributed by atoms with Crippen molar-refractivity contribution in [1.29, 1.82) is 0 Å². The van der Waals surface area contributed by atoms with Gasteiger partial charge in [0.2, 0.25) is 0 Å². The minimum Gasteiger partial charge on any atom is -0.423 e. The summed E-state index contributed by atoms with van der Waals surface area (Å²) < 4.78 is 0. The van der Waals surface area contributed by atoms with Gasteiger partial charge in [0.1, 0.15) is 0 Å². The van der Waals surface area contributed by atoms with Gasteiger partial charge in [-0.05, 0) is 5.46 Å². The number of hydrogen-bond acceptors (Lipinski definition) is 2. The zero-order valence-corrected chi connectivity index (χ0v) is 6.08. The molecule has 0 aliphatic heterocycles. The van der Waals surface area contributed by atoms with Crippen molar-refractivity contribution in [3.8, 4) is 0 Å². The third kappa shape index (κ3) is 2.39. The Hall–Kier alpha value is -0.505. The normalized spacial score (nSPS) is 8.20. The first kappa shape index (κ1) is 9.49. The highest BCUT2D eigenvalue weighted by atomic mass is 35.5. The maximum absolute atomic E-state index is 8.58. The van der Waals surface area contributed by atoms with Crippen molar-refractivity contribution < 1.29 is 10.0 Å². The number of halogens is 1. The Morgan fingerprint density at radius 1 is 1.00 bits per heavy atom. The van der Waals surface area contributed by atoms with Crippen molar-refractivity contribution in [2.24, 2.45) is 0 Å². The van der Waals surface area contributed by atoms with Crippen molar-refractivity contribution in [3.63, 3.8) is 0 Å². The van der Waals surface area contributed by atoms with E-state index in [9.17, 15) is 0 Å². The third-order valence-corrected chi connectivity index (χ3v) is 1.10. The Kier molecular flexibility index (Phi) is 4.11. The number of rotatable bonds is 1. The summed E-state index contributed by atoms with van der Waals surface area (Å²) in [6.07, 6.45) is 0. The molecule has 2 N–H and O–H groups in total. The molecule has 2 nitrogen and oxygen atoms in total. The summed E-state index contributed by atoms with van der Waals surface area (Å²) in [5.74, 6) is 0. The minimum atomic E-state index is -1.34. The van der Waals surface area contributed by atoms with Crippen LogP contribution in [0.1, 0.15) is 0 Å². The van der Waals surface area contributed by atoms with E-state index in [1.54, 1.807) is 24.3 Å². The molecular formula is C6H8BClO2. The molecule has 0 atom stereocenters. The number of hydrogen-bond donors (Lipinski definition) is 2. The smallest absolute Gasteiger partial charge is 0.423 e. The molecule has 1 rings (SSSR count). The Bertz CT molecular complexity index is 178. The van der Waals surface area contributed by atoms with Gasteiger partial charge in [-0.25, -0.2) is 0 Å². The molecule has 0 saturated carbocycles. The van der Waals surface area contributed by atoms with Crippen LogP contribution in [0.4, 0.5) is 0 Å². The topological polar surface area (TPSA) is 40.5 Å². The highest BCUT2D eigenvalue weighted by Crippen LogP contribution is 1.82. The Morgan fingerprint density at radius 3 is 1.80 bits per heavy atom. The van der Waals surface area contributed by atoms with Crippen LogP contribution in [0.15, 0.2) is 30.3 Å².